The third-order valence-electron chi connectivity index (χ3n) is 7.56. The van der Waals surface area contributed by atoms with Crippen molar-refractivity contribution < 1.29 is 38.7 Å². The van der Waals surface area contributed by atoms with Crippen LogP contribution in [0.5, 0.6) is 0 Å². The van der Waals surface area contributed by atoms with E-state index in [2.05, 4.69) is 20.5 Å². The van der Waals surface area contributed by atoms with Crippen molar-refractivity contribution in [1.29, 1.82) is 0 Å². The minimum absolute atomic E-state index is 0.00332. The molecule has 5 rings (SSSR count). The molecular formula is C26H32F4N8O3. The minimum Gasteiger partial charge on any atom is -0.382 e. The number of carbonyl (C=O) groups excluding carboxylic acids is 2. The van der Waals surface area contributed by atoms with Crippen LogP contribution in [0.15, 0.2) is 24.5 Å². The summed E-state index contributed by atoms with van der Waals surface area (Å²) in [5, 5.41) is 10.7. The predicted molar refractivity (Wildman–Crippen MR) is 138 cm³/mol. The molecule has 1 aliphatic carbocycles. The van der Waals surface area contributed by atoms with E-state index in [-0.39, 0.29) is 36.5 Å². The summed E-state index contributed by atoms with van der Waals surface area (Å²) in [7, 11) is 1.35. The second-order valence-electron chi connectivity index (χ2n) is 10.4. The standard InChI is InChI=1S/C26H32F4N8O3/c1-3-37-19(23(31)39)9-17(35-37)22(15-4-6-25(27,28)7-5-15)18-11-38-21(34-18)8-16(10-33-38)20(12-41-2)36-14-26(29,30)13-32-24(36)40/h8-11,15,20,22H,3-7,12-14H2,1-2H3,(H2,31,39)(H,32,40)/t20-,22-/m1/s1/i1D3,3D2. The number of alkyl halides is 4. The van der Waals surface area contributed by atoms with Crippen molar-refractivity contribution in [2.24, 2.45) is 11.7 Å². The summed E-state index contributed by atoms with van der Waals surface area (Å²) in [6.07, 6.45) is 1.93. The van der Waals surface area contributed by atoms with Gasteiger partial charge in [0.1, 0.15) is 5.69 Å². The molecule has 2 fully saturated rings. The van der Waals surface area contributed by atoms with Crippen molar-refractivity contribution in [3.8, 4) is 0 Å². The highest BCUT2D eigenvalue weighted by Gasteiger charge is 2.43. The van der Waals surface area contributed by atoms with Gasteiger partial charge in [-0.3, -0.25) is 9.48 Å². The van der Waals surface area contributed by atoms with E-state index >= 15 is 0 Å². The molecular weight excluding hydrogens is 548 g/mol. The summed E-state index contributed by atoms with van der Waals surface area (Å²) >= 11 is 0. The molecule has 0 aromatic carbocycles. The Bertz CT molecular complexity index is 1620. The number of hydrogen-bond acceptors (Lipinski definition) is 6. The number of hydrogen-bond donors (Lipinski definition) is 2. The Kier molecular flexibility index (Phi) is 6.09. The fourth-order valence-corrected chi connectivity index (χ4v) is 5.54. The van der Waals surface area contributed by atoms with Crippen molar-refractivity contribution in [3.63, 3.8) is 0 Å². The lowest BCUT2D eigenvalue weighted by molar-refractivity contribution is -0.0510. The first-order valence-corrected chi connectivity index (χ1v) is 12.9. The number of ether oxygens (including phenoxy) is 1. The van der Waals surface area contributed by atoms with E-state index in [0.29, 0.717) is 10.2 Å². The van der Waals surface area contributed by atoms with Gasteiger partial charge in [0.25, 0.3) is 11.8 Å². The van der Waals surface area contributed by atoms with Gasteiger partial charge in [-0.1, -0.05) is 0 Å². The van der Waals surface area contributed by atoms with E-state index in [4.69, 9.17) is 17.3 Å². The van der Waals surface area contributed by atoms with Gasteiger partial charge in [0, 0.05) is 42.0 Å². The number of imidazole rings is 1. The predicted octanol–water partition coefficient (Wildman–Crippen LogP) is 3.35. The number of carbonyl (C=O) groups is 2. The lowest BCUT2D eigenvalue weighted by Crippen LogP contribution is -2.58. The molecule has 3 aromatic heterocycles. The number of nitrogens with two attached hydrogens (primary N) is 1. The average molecular weight is 586 g/mol. The van der Waals surface area contributed by atoms with Gasteiger partial charge < -0.3 is 20.7 Å². The maximum atomic E-state index is 14.2. The van der Waals surface area contributed by atoms with Crippen molar-refractivity contribution >= 4 is 17.6 Å². The number of rotatable bonds is 9. The molecule has 15 heteroatoms. The molecule has 1 aliphatic heterocycles. The Balaban J connectivity index is 1.59. The van der Waals surface area contributed by atoms with Crippen LogP contribution in [0.1, 0.15) is 78.8 Å². The number of halogens is 4. The molecule has 1 saturated heterocycles. The van der Waals surface area contributed by atoms with Crippen LogP contribution >= 0.6 is 0 Å². The lowest BCUT2D eigenvalue weighted by atomic mass is 9.76. The fraction of sp³-hybridized carbons (Fsp3) is 0.577. The third kappa shape index (κ3) is 5.85. The normalized spacial score (nSPS) is 23.1. The number of urea groups is 1. The average Bonchev–Trinajstić information content (AvgIpc) is 3.59. The molecule has 2 aliphatic rings. The van der Waals surface area contributed by atoms with Crippen LogP contribution in [0.25, 0.3) is 5.65 Å². The zero-order valence-electron chi connectivity index (χ0n) is 27.0. The highest BCUT2D eigenvalue weighted by atomic mass is 19.3. The summed E-state index contributed by atoms with van der Waals surface area (Å²) in [4.78, 5) is 30.4. The van der Waals surface area contributed by atoms with Crippen LogP contribution in [-0.4, -0.2) is 79.9 Å². The number of nitrogens with one attached hydrogen (secondary N) is 1. The molecule has 1 saturated carbocycles. The monoisotopic (exact) mass is 585 g/mol. The summed E-state index contributed by atoms with van der Waals surface area (Å²) in [6, 6.07) is 0.952. The zero-order chi connectivity index (χ0) is 33.8. The zero-order valence-corrected chi connectivity index (χ0v) is 22.0. The molecule has 11 nitrogen and oxygen atoms in total. The van der Waals surface area contributed by atoms with Crippen LogP contribution in [-0.2, 0) is 11.2 Å². The maximum Gasteiger partial charge on any atom is 0.318 e. The molecule has 3 N–H and O–H groups in total. The van der Waals surface area contributed by atoms with E-state index in [0.717, 1.165) is 11.0 Å². The third-order valence-corrected chi connectivity index (χ3v) is 7.56. The van der Waals surface area contributed by atoms with Gasteiger partial charge in [-0.15, -0.1) is 0 Å². The number of fused-ring (bicyclic) bond motifs is 1. The number of methoxy groups -OCH3 is 1. The Hall–Kier alpha value is -3.75. The number of primary amides is 1. The van der Waals surface area contributed by atoms with Gasteiger partial charge in [-0.05, 0) is 37.7 Å². The summed E-state index contributed by atoms with van der Waals surface area (Å²) < 4.78 is 103. The van der Waals surface area contributed by atoms with E-state index in [9.17, 15) is 27.2 Å². The Morgan fingerprint density at radius 3 is 2.71 bits per heavy atom. The number of aryl methyl sites for hydroxylation is 1. The molecule has 0 radical (unpaired) electrons. The minimum atomic E-state index is -3.25. The van der Waals surface area contributed by atoms with Gasteiger partial charge in [0.2, 0.25) is 5.92 Å². The van der Waals surface area contributed by atoms with Crippen LogP contribution in [0.3, 0.4) is 0 Å². The topological polar surface area (TPSA) is 133 Å². The van der Waals surface area contributed by atoms with Crippen molar-refractivity contribution in [1.82, 2.24) is 34.6 Å². The highest BCUT2D eigenvalue weighted by Crippen LogP contribution is 2.44. The first kappa shape index (κ1) is 22.9. The first-order valence-electron chi connectivity index (χ1n) is 15.4. The van der Waals surface area contributed by atoms with Crippen LogP contribution < -0.4 is 11.1 Å². The van der Waals surface area contributed by atoms with Crippen molar-refractivity contribution in [3.05, 3.63) is 47.2 Å². The Morgan fingerprint density at radius 1 is 1.27 bits per heavy atom. The SMILES string of the molecule is [2H]C([2H])([2H])C([2H])([2H])n1nc([C@H](c2cn3ncc([C@@H](COC)N4CC(F)(F)CNC4=O)cc3n2)C2CCC(F)(F)CC2)cc1C(N)=O. The molecule has 222 valence electrons. The van der Waals surface area contributed by atoms with Gasteiger partial charge in [-0.2, -0.15) is 10.2 Å². The molecule has 0 spiro atoms. The molecule has 0 unspecified atom stereocenters. The number of nitrogens with zero attached hydrogens (tertiary/aromatic N) is 6. The highest BCUT2D eigenvalue weighted by molar-refractivity contribution is 5.91. The first-order chi connectivity index (χ1) is 21.3. The van der Waals surface area contributed by atoms with Gasteiger partial charge in [-0.25, -0.2) is 31.9 Å². The molecule has 3 aromatic rings. The van der Waals surface area contributed by atoms with Crippen molar-refractivity contribution in [2.45, 2.75) is 62.8 Å². The van der Waals surface area contributed by atoms with E-state index in [1.54, 1.807) is 0 Å². The fourth-order valence-electron chi connectivity index (χ4n) is 5.54. The maximum absolute atomic E-state index is 14.2. The van der Waals surface area contributed by atoms with E-state index in [1.165, 1.54) is 30.1 Å². The quantitative estimate of drug-likeness (QED) is 0.370. The van der Waals surface area contributed by atoms with Crippen molar-refractivity contribution in [2.75, 3.05) is 26.8 Å². The Labute approximate surface area is 240 Å². The molecule has 4 heterocycles. The second kappa shape index (κ2) is 10.9. The number of amides is 3. The second-order valence-corrected chi connectivity index (χ2v) is 10.4. The van der Waals surface area contributed by atoms with E-state index in [1.807, 2.05) is 0 Å². The smallest absolute Gasteiger partial charge is 0.318 e. The van der Waals surface area contributed by atoms with Crippen LogP contribution in [0.4, 0.5) is 22.4 Å². The van der Waals surface area contributed by atoms with Crippen LogP contribution in [0.2, 0.25) is 0 Å². The molecule has 2 atom stereocenters. The summed E-state index contributed by atoms with van der Waals surface area (Å²) in [5.74, 6) is -8.70. The summed E-state index contributed by atoms with van der Waals surface area (Å²) in [6.45, 7) is -8.21. The van der Waals surface area contributed by atoms with Gasteiger partial charge in [0.15, 0.2) is 5.65 Å². The Morgan fingerprint density at radius 2 is 2.02 bits per heavy atom. The van der Waals surface area contributed by atoms with Crippen LogP contribution in [0, 0.1) is 5.92 Å². The van der Waals surface area contributed by atoms with Gasteiger partial charge >= 0.3 is 6.03 Å². The number of aromatic nitrogens is 5. The van der Waals surface area contributed by atoms with E-state index < -0.39 is 86.6 Å². The molecule has 41 heavy (non-hydrogen) atoms. The molecule has 3 amide bonds. The summed E-state index contributed by atoms with van der Waals surface area (Å²) in [5.41, 5.74) is 5.67. The largest absolute Gasteiger partial charge is 0.382 e. The molecule has 0 bridgehead atoms. The van der Waals surface area contributed by atoms with Gasteiger partial charge in [0.05, 0.1) is 52.3 Å². The lowest BCUT2D eigenvalue weighted by Gasteiger charge is -2.38.